The number of Topliss-reactive ketones (excluding diaryl/α,β-unsaturated/α-hetero) is 1. The van der Waals surface area contributed by atoms with Gasteiger partial charge in [-0.05, 0) is 13.3 Å². The summed E-state index contributed by atoms with van der Waals surface area (Å²) in [5.41, 5.74) is 0. The first-order valence-electron chi connectivity index (χ1n) is 5.97. The molecule has 2 atom stereocenters. The SMILES string of the molecule is CCCCC(=O)[C@H]1C(=O)OC[C@@H]1C(=O)OCC. The van der Waals surface area contributed by atoms with Crippen molar-refractivity contribution in [1.29, 1.82) is 0 Å². The first kappa shape index (κ1) is 13.7. The number of hydrogen-bond acceptors (Lipinski definition) is 5. The predicted molar refractivity (Wildman–Crippen MR) is 59.1 cm³/mol. The van der Waals surface area contributed by atoms with Gasteiger partial charge in [0.1, 0.15) is 24.2 Å². The zero-order chi connectivity index (χ0) is 12.8. The molecule has 1 aliphatic rings. The maximum atomic E-state index is 11.8. The summed E-state index contributed by atoms with van der Waals surface area (Å²) in [6.45, 7) is 3.84. The number of carbonyl (C=O) groups excluding carboxylic acids is 3. The number of ketones is 1. The second-order valence-corrected chi connectivity index (χ2v) is 4.04. The van der Waals surface area contributed by atoms with E-state index in [4.69, 9.17) is 9.47 Å². The van der Waals surface area contributed by atoms with E-state index < -0.39 is 23.8 Å². The van der Waals surface area contributed by atoms with Gasteiger partial charge < -0.3 is 9.47 Å². The molecule has 0 unspecified atom stereocenters. The molecule has 0 aromatic heterocycles. The second-order valence-electron chi connectivity index (χ2n) is 4.04. The fourth-order valence-corrected chi connectivity index (χ4v) is 1.84. The molecule has 5 nitrogen and oxygen atoms in total. The van der Waals surface area contributed by atoms with Gasteiger partial charge in [-0.25, -0.2) is 0 Å². The van der Waals surface area contributed by atoms with E-state index in [1.165, 1.54) is 0 Å². The van der Waals surface area contributed by atoms with E-state index in [0.717, 1.165) is 12.8 Å². The lowest BCUT2D eigenvalue weighted by Gasteiger charge is -2.12. The van der Waals surface area contributed by atoms with Crippen molar-refractivity contribution in [3.8, 4) is 0 Å². The van der Waals surface area contributed by atoms with E-state index in [1.807, 2.05) is 6.92 Å². The third-order valence-corrected chi connectivity index (χ3v) is 2.77. The molecular weight excluding hydrogens is 224 g/mol. The first-order valence-corrected chi connectivity index (χ1v) is 5.97. The van der Waals surface area contributed by atoms with Gasteiger partial charge in [0.2, 0.25) is 0 Å². The fourth-order valence-electron chi connectivity index (χ4n) is 1.84. The number of rotatable bonds is 6. The molecule has 1 heterocycles. The van der Waals surface area contributed by atoms with Gasteiger partial charge >= 0.3 is 11.9 Å². The second kappa shape index (κ2) is 6.37. The normalized spacial score (nSPS) is 23.3. The van der Waals surface area contributed by atoms with Crippen LogP contribution in [-0.4, -0.2) is 30.9 Å². The minimum Gasteiger partial charge on any atom is -0.466 e. The van der Waals surface area contributed by atoms with Crippen LogP contribution in [0.2, 0.25) is 0 Å². The molecule has 1 rings (SSSR count). The van der Waals surface area contributed by atoms with Crippen LogP contribution >= 0.6 is 0 Å². The lowest BCUT2D eigenvalue weighted by Crippen LogP contribution is -2.32. The highest BCUT2D eigenvalue weighted by Crippen LogP contribution is 2.26. The van der Waals surface area contributed by atoms with Crippen LogP contribution in [0.5, 0.6) is 0 Å². The van der Waals surface area contributed by atoms with Crippen LogP contribution in [0.4, 0.5) is 0 Å². The van der Waals surface area contributed by atoms with Gasteiger partial charge in [-0.2, -0.15) is 0 Å². The molecule has 5 heteroatoms. The Balaban J connectivity index is 2.67. The summed E-state index contributed by atoms with van der Waals surface area (Å²) < 4.78 is 9.62. The summed E-state index contributed by atoms with van der Waals surface area (Å²) in [7, 11) is 0. The van der Waals surface area contributed by atoms with Gasteiger partial charge in [-0.15, -0.1) is 0 Å². The minimum absolute atomic E-state index is 0.0415. The van der Waals surface area contributed by atoms with Crippen molar-refractivity contribution in [3.05, 3.63) is 0 Å². The van der Waals surface area contributed by atoms with Gasteiger partial charge in [-0.3, -0.25) is 14.4 Å². The molecule has 0 aromatic carbocycles. The van der Waals surface area contributed by atoms with E-state index in [2.05, 4.69) is 0 Å². The summed E-state index contributed by atoms with van der Waals surface area (Å²) >= 11 is 0. The number of hydrogen-bond donors (Lipinski definition) is 0. The van der Waals surface area contributed by atoms with Crippen LogP contribution in [0.25, 0.3) is 0 Å². The van der Waals surface area contributed by atoms with E-state index >= 15 is 0 Å². The summed E-state index contributed by atoms with van der Waals surface area (Å²) in [5, 5.41) is 0. The molecule has 0 spiro atoms. The van der Waals surface area contributed by atoms with Crippen LogP contribution in [0.1, 0.15) is 33.1 Å². The average molecular weight is 242 g/mol. The summed E-state index contributed by atoms with van der Waals surface area (Å²) in [6, 6.07) is 0. The standard InChI is InChI=1S/C12H18O5/c1-3-5-6-9(13)10-8(7-17-12(10)15)11(14)16-4-2/h8,10H,3-7H2,1-2H3/t8-,10-/m0/s1. The Labute approximate surface area is 100 Å². The van der Waals surface area contributed by atoms with Gasteiger partial charge in [0, 0.05) is 6.42 Å². The molecule has 0 amide bonds. The van der Waals surface area contributed by atoms with Crippen molar-refractivity contribution >= 4 is 17.7 Å². The maximum Gasteiger partial charge on any atom is 0.317 e. The molecule has 0 aromatic rings. The van der Waals surface area contributed by atoms with Crippen molar-refractivity contribution < 1.29 is 23.9 Å². The van der Waals surface area contributed by atoms with E-state index in [9.17, 15) is 14.4 Å². The minimum atomic E-state index is -0.958. The van der Waals surface area contributed by atoms with Crippen molar-refractivity contribution in [2.45, 2.75) is 33.1 Å². The van der Waals surface area contributed by atoms with Crippen LogP contribution < -0.4 is 0 Å². The Morgan fingerprint density at radius 3 is 2.71 bits per heavy atom. The molecular formula is C12H18O5. The van der Waals surface area contributed by atoms with Crippen LogP contribution in [0.15, 0.2) is 0 Å². The summed E-state index contributed by atoms with van der Waals surface area (Å²) in [6.07, 6.45) is 1.90. The lowest BCUT2D eigenvalue weighted by atomic mass is 9.89. The number of cyclic esters (lactones) is 1. The van der Waals surface area contributed by atoms with Crippen molar-refractivity contribution in [3.63, 3.8) is 0 Å². The number of ether oxygens (including phenoxy) is 2. The fraction of sp³-hybridized carbons (Fsp3) is 0.750. The Kier molecular flexibility index (Phi) is 5.12. The van der Waals surface area contributed by atoms with Gasteiger partial charge in [0.05, 0.1) is 6.61 Å². The molecule has 1 saturated heterocycles. The molecule has 17 heavy (non-hydrogen) atoms. The molecule has 0 aliphatic carbocycles. The monoisotopic (exact) mass is 242 g/mol. The summed E-state index contributed by atoms with van der Waals surface area (Å²) in [4.78, 5) is 34.8. The van der Waals surface area contributed by atoms with Crippen LogP contribution in [-0.2, 0) is 23.9 Å². The largest absolute Gasteiger partial charge is 0.466 e. The predicted octanol–water partition coefficient (Wildman–Crippen LogP) is 1.10. The topological polar surface area (TPSA) is 69.7 Å². The number of carbonyl (C=O) groups is 3. The quantitative estimate of drug-likeness (QED) is 0.515. The maximum absolute atomic E-state index is 11.8. The molecule has 1 fully saturated rings. The van der Waals surface area contributed by atoms with E-state index in [-0.39, 0.29) is 19.0 Å². The zero-order valence-electron chi connectivity index (χ0n) is 10.2. The molecule has 0 radical (unpaired) electrons. The van der Waals surface area contributed by atoms with Crippen molar-refractivity contribution in [2.75, 3.05) is 13.2 Å². The smallest absolute Gasteiger partial charge is 0.317 e. The van der Waals surface area contributed by atoms with Gasteiger partial charge in [0.25, 0.3) is 0 Å². The molecule has 1 aliphatic heterocycles. The average Bonchev–Trinajstić information content (AvgIpc) is 2.68. The summed E-state index contributed by atoms with van der Waals surface area (Å²) in [5.74, 6) is -3.04. The molecule has 0 saturated carbocycles. The molecule has 0 bridgehead atoms. The van der Waals surface area contributed by atoms with Gasteiger partial charge in [0.15, 0.2) is 0 Å². The highest BCUT2D eigenvalue weighted by Gasteiger charge is 2.46. The van der Waals surface area contributed by atoms with E-state index in [1.54, 1.807) is 6.92 Å². The van der Waals surface area contributed by atoms with Crippen molar-refractivity contribution in [2.24, 2.45) is 11.8 Å². The van der Waals surface area contributed by atoms with Crippen LogP contribution in [0, 0.1) is 11.8 Å². The van der Waals surface area contributed by atoms with Crippen LogP contribution in [0.3, 0.4) is 0 Å². The number of esters is 2. The number of unbranched alkanes of at least 4 members (excludes halogenated alkanes) is 1. The Hall–Kier alpha value is -1.39. The highest BCUT2D eigenvalue weighted by molar-refractivity contribution is 6.04. The molecule has 0 N–H and O–H groups in total. The Morgan fingerprint density at radius 2 is 2.12 bits per heavy atom. The Morgan fingerprint density at radius 1 is 1.41 bits per heavy atom. The van der Waals surface area contributed by atoms with Crippen molar-refractivity contribution in [1.82, 2.24) is 0 Å². The first-order chi connectivity index (χ1) is 8.11. The zero-order valence-corrected chi connectivity index (χ0v) is 10.2. The van der Waals surface area contributed by atoms with Gasteiger partial charge in [-0.1, -0.05) is 13.3 Å². The highest BCUT2D eigenvalue weighted by atomic mass is 16.6. The van der Waals surface area contributed by atoms with E-state index in [0.29, 0.717) is 6.42 Å². The Bertz CT molecular complexity index is 310. The molecule has 96 valence electrons. The third kappa shape index (κ3) is 3.28. The third-order valence-electron chi connectivity index (χ3n) is 2.77. The lowest BCUT2D eigenvalue weighted by molar-refractivity contribution is -0.152.